The van der Waals surface area contributed by atoms with E-state index in [9.17, 15) is 9.59 Å². The molecule has 4 nitrogen and oxygen atoms in total. The molecule has 0 aliphatic carbocycles. The number of carbonyl (C=O) groups is 2. The minimum atomic E-state index is -0.988. The molecular weight excluding hydrogens is 185 g/mol. The first kappa shape index (κ1) is 13.1. The molecule has 5 heteroatoms. The van der Waals surface area contributed by atoms with Gasteiger partial charge in [0.15, 0.2) is 0 Å². The van der Waals surface area contributed by atoms with E-state index < -0.39 is 12.0 Å². The molecule has 0 aromatic heterocycles. The Morgan fingerprint density at radius 3 is 1.91 bits per heavy atom. The number of carboxylic acids is 1. The van der Waals surface area contributed by atoms with Crippen molar-refractivity contribution in [3.05, 3.63) is 0 Å². The molecule has 0 aliphatic rings. The fourth-order valence-corrected chi connectivity index (χ4v) is 0.438. The summed E-state index contributed by atoms with van der Waals surface area (Å²) in [6.07, 6.45) is 0. The van der Waals surface area contributed by atoms with Crippen LogP contribution >= 0.6 is 0 Å². The van der Waals surface area contributed by atoms with E-state index in [4.69, 9.17) is 5.11 Å². The standard InChI is InChI=1S/C6H11NO3.V/c1-4(6(9)10)7(3)5(2)8;/h4H,1-3H3,(H,9,10);/t4-;/m1./s1. The van der Waals surface area contributed by atoms with Crippen LogP contribution in [-0.2, 0) is 28.1 Å². The summed E-state index contributed by atoms with van der Waals surface area (Å²) in [7, 11) is 1.46. The van der Waals surface area contributed by atoms with Crippen molar-refractivity contribution in [1.29, 1.82) is 0 Å². The fourth-order valence-electron chi connectivity index (χ4n) is 0.438. The van der Waals surface area contributed by atoms with E-state index in [2.05, 4.69) is 0 Å². The fraction of sp³-hybridized carbons (Fsp3) is 0.667. The maximum Gasteiger partial charge on any atom is 0.326 e. The first-order valence-corrected chi connectivity index (χ1v) is 2.93. The number of carboxylic acid groups (broad SMARTS) is 1. The molecule has 0 rings (SSSR count). The van der Waals surface area contributed by atoms with Gasteiger partial charge in [0.2, 0.25) is 5.91 Å². The van der Waals surface area contributed by atoms with E-state index in [0.29, 0.717) is 0 Å². The SMILES string of the molecule is CC(=O)N(C)[C@H](C)C(=O)O.[V]. The van der Waals surface area contributed by atoms with Crippen LogP contribution in [0.25, 0.3) is 0 Å². The van der Waals surface area contributed by atoms with Crippen LogP contribution in [0.2, 0.25) is 0 Å². The van der Waals surface area contributed by atoms with Crippen molar-refractivity contribution in [3.8, 4) is 0 Å². The van der Waals surface area contributed by atoms with Gasteiger partial charge in [-0.25, -0.2) is 4.79 Å². The second-order valence-corrected chi connectivity index (χ2v) is 2.14. The molecule has 0 aliphatic heterocycles. The minimum absolute atomic E-state index is 0. The van der Waals surface area contributed by atoms with Gasteiger partial charge in [0.1, 0.15) is 6.04 Å². The van der Waals surface area contributed by atoms with Crippen LogP contribution in [-0.4, -0.2) is 35.0 Å². The number of nitrogens with zero attached hydrogens (tertiary/aromatic N) is 1. The van der Waals surface area contributed by atoms with Gasteiger partial charge in [0.25, 0.3) is 0 Å². The number of amides is 1. The number of hydrogen-bond acceptors (Lipinski definition) is 2. The Kier molecular flexibility index (Phi) is 6.22. The van der Waals surface area contributed by atoms with Crippen LogP contribution in [0.15, 0.2) is 0 Å². The van der Waals surface area contributed by atoms with Crippen LogP contribution in [0, 0.1) is 0 Å². The molecule has 1 amide bonds. The largest absolute Gasteiger partial charge is 0.480 e. The maximum absolute atomic E-state index is 10.6. The van der Waals surface area contributed by atoms with Gasteiger partial charge in [-0.1, -0.05) is 0 Å². The Hall–Kier alpha value is -0.476. The third kappa shape index (κ3) is 4.06. The summed E-state index contributed by atoms with van der Waals surface area (Å²) in [5, 5.41) is 8.41. The number of carbonyl (C=O) groups excluding carboxylic acids is 1. The van der Waals surface area contributed by atoms with Crippen molar-refractivity contribution in [3.63, 3.8) is 0 Å². The van der Waals surface area contributed by atoms with Gasteiger partial charge in [-0.15, -0.1) is 0 Å². The topological polar surface area (TPSA) is 57.6 Å². The molecule has 0 bridgehead atoms. The molecule has 63 valence electrons. The first-order chi connectivity index (χ1) is 4.46. The van der Waals surface area contributed by atoms with E-state index in [-0.39, 0.29) is 24.5 Å². The van der Waals surface area contributed by atoms with Crippen LogP contribution < -0.4 is 0 Å². The first-order valence-electron chi connectivity index (χ1n) is 2.93. The molecule has 0 heterocycles. The van der Waals surface area contributed by atoms with E-state index in [1.807, 2.05) is 0 Å². The molecule has 0 aromatic rings. The molecule has 1 atom stereocenters. The van der Waals surface area contributed by atoms with Gasteiger partial charge in [0.05, 0.1) is 0 Å². The van der Waals surface area contributed by atoms with Gasteiger partial charge in [-0.2, -0.15) is 0 Å². The molecule has 0 spiro atoms. The summed E-state index contributed by atoms with van der Waals surface area (Å²) < 4.78 is 0. The summed E-state index contributed by atoms with van der Waals surface area (Å²) in [4.78, 5) is 22.0. The van der Waals surface area contributed by atoms with Crippen LogP contribution in [0.5, 0.6) is 0 Å². The van der Waals surface area contributed by atoms with E-state index >= 15 is 0 Å². The zero-order valence-corrected chi connectivity index (χ0v) is 8.13. The summed E-state index contributed by atoms with van der Waals surface area (Å²) >= 11 is 0. The van der Waals surface area contributed by atoms with Crippen molar-refractivity contribution < 1.29 is 33.3 Å². The van der Waals surface area contributed by atoms with E-state index in [1.54, 1.807) is 0 Å². The van der Waals surface area contributed by atoms with Crippen LogP contribution in [0.1, 0.15) is 13.8 Å². The molecule has 0 aromatic carbocycles. The quantitative estimate of drug-likeness (QED) is 0.672. The Morgan fingerprint density at radius 2 is 1.82 bits per heavy atom. The van der Waals surface area contributed by atoms with Crippen molar-refractivity contribution in [1.82, 2.24) is 4.90 Å². The number of rotatable bonds is 2. The second kappa shape index (κ2) is 5.21. The zero-order chi connectivity index (χ0) is 8.31. The van der Waals surface area contributed by atoms with Gasteiger partial charge >= 0.3 is 5.97 Å². The Balaban J connectivity index is 0. The van der Waals surface area contributed by atoms with Gasteiger partial charge < -0.3 is 10.0 Å². The predicted octanol–water partition coefficient (Wildman–Crippen LogP) is -0.0647. The summed E-state index contributed by atoms with van der Waals surface area (Å²) in [5.74, 6) is -1.23. The Labute approximate surface area is 77.4 Å². The Bertz CT molecular complexity index is 142. The average Bonchev–Trinajstić information content (AvgIpc) is 1.84. The molecule has 0 saturated heterocycles. The smallest absolute Gasteiger partial charge is 0.326 e. The van der Waals surface area contributed by atoms with E-state index in [1.165, 1.54) is 25.8 Å². The average molecular weight is 196 g/mol. The molecule has 11 heavy (non-hydrogen) atoms. The Morgan fingerprint density at radius 1 is 1.45 bits per heavy atom. The van der Waals surface area contributed by atoms with Crippen LogP contribution in [0.4, 0.5) is 0 Å². The van der Waals surface area contributed by atoms with Gasteiger partial charge in [-0.05, 0) is 6.92 Å². The van der Waals surface area contributed by atoms with Crippen molar-refractivity contribution >= 4 is 11.9 Å². The molecule has 0 saturated carbocycles. The molecule has 1 radical (unpaired) electrons. The van der Waals surface area contributed by atoms with Gasteiger partial charge in [0, 0.05) is 32.5 Å². The second-order valence-electron chi connectivity index (χ2n) is 2.14. The van der Waals surface area contributed by atoms with Crippen molar-refractivity contribution in [2.24, 2.45) is 0 Å². The summed E-state index contributed by atoms with van der Waals surface area (Å²) in [6.45, 7) is 2.79. The monoisotopic (exact) mass is 196 g/mol. The summed E-state index contributed by atoms with van der Waals surface area (Å²) in [5.41, 5.74) is 0. The molecule has 0 fully saturated rings. The van der Waals surface area contributed by atoms with Crippen LogP contribution in [0.3, 0.4) is 0 Å². The normalized spacial score (nSPS) is 11.2. The van der Waals surface area contributed by atoms with Crippen molar-refractivity contribution in [2.45, 2.75) is 19.9 Å². The molecular formula is C6H11NO3V. The zero-order valence-electron chi connectivity index (χ0n) is 6.74. The number of hydrogen-bond donors (Lipinski definition) is 1. The number of aliphatic carboxylic acids is 1. The van der Waals surface area contributed by atoms with Gasteiger partial charge in [-0.3, -0.25) is 4.79 Å². The third-order valence-electron chi connectivity index (χ3n) is 1.44. The number of likely N-dealkylation sites (N-methyl/N-ethyl adjacent to an activating group) is 1. The van der Waals surface area contributed by atoms with E-state index in [0.717, 1.165) is 0 Å². The molecule has 1 N–H and O–H groups in total. The maximum atomic E-state index is 10.6. The summed E-state index contributed by atoms with van der Waals surface area (Å²) in [6, 6.07) is -0.738. The predicted molar refractivity (Wildman–Crippen MR) is 35.5 cm³/mol. The minimum Gasteiger partial charge on any atom is -0.480 e. The van der Waals surface area contributed by atoms with Crippen molar-refractivity contribution in [2.75, 3.05) is 7.05 Å². The third-order valence-corrected chi connectivity index (χ3v) is 1.44. The molecule has 0 unspecified atom stereocenters.